The maximum Gasteiger partial charge on any atom is 0.320 e. The molecule has 3 N–H and O–H groups in total. The third kappa shape index (κ3) is 4.05. The Bertz CT molecular complexity index is 881. The highest BCUT2D eigenvalue weighted by atomic mass is 16.2. The fraction of sp³-hybridized carbons (Fsp3) is 0.0500. The molecule has 3 aromatic rings. The Morgan fingerprint density at radius 3 is 2.27 bits per heavy atom. The predicted molar refractivity (Wildman–Crippen MR) is 101 cm³/mol. The van der Waals surface area contributed by atoms with Gasteiger partial charge in [-0.1, -0.05) is 24.3 Å². The summed E-state index contributed by atoms with van der Waals surface area (Å²) in [6.45, 7) is 0.225. The maximum absolute atomic E-state index is 12.8. The fourth-order valence-electron chi connectivity index (χ4n) is 2.45. The van der Waals surface area contributed by atoms with Crippen molar-refractivity contribution >= 4 is 28.9 Å². The number of hydrogen-bond donors (Lipinski definition) is 2. The van der Waals surface area contributed by atoms with Gasteiger partial charge in [-0.3, -0.25) is 19.5 Å². The number of benzene rings is 2. The lowest BCUT2D eigenvalue weighted by atomic mass is 10.2. The first-order chi connectivity index (χ1) is 12.6. The number of aromatic nitrogens is 1. The van der Waals surface area contributed by atoms with Crippen LogP contribution in [0.3, 0.4) is 0 Å². The summed E-state index contributed by atoms with van der Waals surface area (Å²) < 4.78 is 0. The van der Waals surface area contributed by atoms with Crippen molar-refractivity contribution in [1.29, 1.82) is 0 Å². The van der Waals surface area contributed by atoms with Crippen LogP contribution in [0.15, 0.2) is 79.1 Å². The zero-order valence-corrected chi connectivity index (χ0v) is 14.0. The highest BCUT2D eigenvalue weighted by molar-refractivity contribution is 6.42. The second kappa shape index (κ2) is 7.94. The van der Waals surface area contributed by atoms with E-state index >= 15 is 0 Å². The van der Waals surface area contributed by atoms with Gasteiger partial charge in [0.05, 0.1) is 0 Å². The third-order valence-electron chi connectivity index (χ3n) is 3.74. The molecule has 0 radical (unpaired) electrons. The highest BCUT2D eigenvalue weighted by Crippen LogP contribution is 2.26. The molecule has 0 atom stereocenters. The van der Waals surface area contributed by atoms with E-state index in [9.17, 15) is 9.59 Å². The molecule has 0 bridgehead atoms. The van der Waals surface area contributed by atoms with Crippen LogP contribution in [0.1, 0.15) is 5.56 Å². The summed E-state index contributed by atoms with van der Waals surface area (Å²) in [6.07, 6.45) is 3.29. The molecule has 0 unspecified atom stereocenters. The Morgan fingerprint density at radius 1 is 0.923 bits per heavy atom. The molecule has 1 heterocycles. The first-order valence-electron chi connectivity index (χ1n) is 8.07. The number of nitrogen functional groups attached to an aromatic ring is 1. The Balaban J connectivity index is 1.82. The van der Waals surface area contributed by atoms with Crippen molar-refractivity contribution in [3.8, 4) is 0 Å². The second-order valence-corrected chi connectivity index (χ2v) is 5.61. The minimum atomic E-state index is -0.700. The lowest BCUT2D eigenvalue weighted by Crippen LogP contribution is -2.40. The van der Waals surface area contributed by atoms with Crippen molar-refractivity contribution in [2.75, 3.05) is 10.6 Å². The van der Waals surface area contributed by atoms with Gasteiger partial charge in [0.15, 0.2) is 0 Å². The average Bonchev–Trinajstić information content (AvgIpc) is 2.69. The quantitative estimate of drug-likeness (QED) is 0.561. The number of para-hydroxylation sites is 1. The van der Waals surface area contributed by atoms with Crippen LogP contribution < -0.4 is 16.0 Å². The molecule has 0 fully saturated rings. The zero-order valence-electron chi connectivity index (χ0n) is 14.0. The maximum atomic E-state index is 12.8. The molecule has 2 aromatic carbocycles. The molecule has 2 amide bonds. The Hall–Kier alpha value is -3.67. The van der Waals surface area contributed by atoms with Crippen molar-refractivity contribution in [2.45, 2.75) is 6.54 Å². The number of nitrogens with zero attached hydrogens (tertiary/aromatic N) is 2. The average molecular weight is 346 g/mol. The van der Waals surface area contributed by atoms with Gasteiger partial charge in [-0.15, -0.1) is 0 Å². The Labute approximate surface area is 151 Å². The summed E-state index contributed by atoms with van der Waals surface area (Å²) in [6, 6.07) is 19.4. The smallest absolute Gasteiger partial charge is 0.320 e. The lowest BCUT2D eigenvalue weighted by Gasteiger charge is -2.22. The fourth-order valence-corrected chi connectivity index (χ4v) is 2.45. The van der Waals surface area contributed by atoms with E-state index in [1.165, 1.54) is 4.90 Å². The topological polar surface area (TPSA) is 88.3 Å². The third-order valence-corrected chi connectivity index (χ3v) is 3.74. The van der Waals surface area contributed by atoms with E-state index in [4.69, 9.17) is 5.73 Å². The molecule has 130 valence electrons. The van der Waals surface area contributed by atoms with Crippen LogP contribution in [0, 0.1) is 0 Å². The largest absolute Gasteiger partial charge is 0.399 e. The summed E-state index contributed by atoms with van der Waals surface area (Å²) in [5.41, 5.74) is 8.27. The number of nitrogens with one attached hydrogen (secondary N) is 1. The van der Waals surface area contributed by atoms with Gasteiger partial charge in [-0.2, -0.15) is 0 Å². The van der Waals surface area contributed by atoms with Crippen molar-refractivity contribution in [3.05, 3.63) is 84.7 Å². The van der Waals surface area contributed by atoms with E-state index in [0.29, 0.717) is 17.1 Å². The number of anilines is 3. The van der Waals surface area contributed by atoms with E-state index < -0.39 is 11.8 Å². The van der Waals surface area contributed by atoms with Gasteiger partial charge in [0.25, 0.3) is 0 Å². The van der Waals surface area contributed by atoms with E-state index in [-0.39, 0.29) is 6.54 Å². The SMILES string of the molecule is Nc1ccc(N(C(=O)C(=O)NCc2cccnc2)c2ccccc2)cc1. The van der Waals surface area contributed by atoms with Gasteiger partial charge in [-0.05, 0) is 48.0 Å². The molecule has 26 heavy (non-hydrogen) atoms. The van der Waals surface area contributed by atoms with Gasteiger partial charge >= 0.3 is 11.8 Å². The van der Waals surface area contributed by atoms with Gasteiger partial charge in [0, 0.05) is 36.0 Å². The van der Waals surface area contributed by atoms with E-state index in [1.807, 2.05) is 12.1 Å². The molecular weight excluding hydrogens is 328 g/mol. The molecule has 6 heteroatoms. The van der Waals surface area contributed by atoms with Gasteiger partial charge < -0.3 is 11.1 Å². The summed E-state index contributed by atoms with van der Waals surface area (Å²) in [5.74, 6) is -1.38. The molecule has 0 aliphatic carbocycles. The van der Waals surface area contributed by atoms with Crippen LogP contribution >= 0.6 is 0 Å². The van der Waals surface area contributed by atoms with E-state index in [0.717, 1.165) is 5.56 Å². The van der Waals surface area contributed by atoms with Crippen LogP contribution in [-0.2, 0) is 16.1 Å². The summed E-state index contributed by atoms with van der Waals surface area (Å²) in [7, 11) is 0. The van der Waals surface area contributed by atoms with Crippen LogP contribution in [0.5, 0.6) is 0 Å². The molecule has 0 saturated heterocycles. The molecular formula is C20H18N4O2. The number of nitrogens with two attached hydrogens (primary N) is 1. The molecule has 6 nitrogen and oxygen atoms in total. The van der Waals surface area contributed by atoms with Crippen LogP contribution in [-0.4, -0.2) is 16.8 Å². The highest BCUT2D eigenvalue weighted by Gasteiger charge is 2.24. The standard InChI is InChI=1S/C20H18N4O2/c21-16-8-10-18(11-9-16)24(17-6-2-1-3-7-17)20(26)19(25)23-14-15-5-4-12-22-13-15/h1-13H,14,21H2,(H,23,25). The van der Waals surface area contributed by atoms with Crippen LogP contribution in [0.25, 0.3) is 0 Å². The number of pyridine rings is 1. The molecule has 1 aromatic heterocycles. The van der Waals surface area contributed by atoms with Crippen LogP contribution in [0.4, 0.5) is 17.1 Å². The Morgan fingerprint density at radius 2 is 1.62 bits per heavy atom. The molecule has 0 aliphatic heterocycles. The van der Waals surface area contributed by atoms with Crippen molar-refractivity contribution in [1.82, 2.24) is 10.3 Å². The molecule has 3 rings (SSSR count). The molecule has 0 saturated carbocycles. The number of rotatable bonds is 4. The van der Waals surface area contributed by atoms with Crippen molar-refractivity contribution < 1.29 is 9.59 Å². The number of carbonyl (C=O) groups excluding carboxylic acids is 2. The first kappa shape index (κ1) is 17.2. The number of amides is 2. The van der Waals surface area contributed by atoms with Gasteiger partial charge in [0.2, 0.25) is 0 Å². The van der Waals surface area contributed by atoms with Gasteiger partial charge in [-0.25, -0.2) is 0 Å². The number of hydrogen-bond acceptors (Lipinski definition) is 4. The first-order valence-corrected chi connectivity index (χ1v) is 8.07. The van der Waals surface area contributed by atoms with Crippen molar-refractivity contribution in [3.63, 3.8) is 0 Å². The predicted octanol–water partition coefficient (Wildman–Crippen LogP) is 2.64. The summed E-state index contributed by atoms with van der Waals surface area (Å²) in [5, 5.41) is 2.64. The number of carbonyl (C=O) groups is 2. The van der Waals surface area contributed by atoms with Crippen LogP contribution in [0.2, 0.25) is 0 Å². The molecule has 0 spiro atoms. The lowest BCUT2D eigenvalue weighted by molar-refractivity contribution is -0.137. The molecule has 0 aliphatic rings. The van der Waals surface area contributed by atoms with Crippen molar-refractivity contribution in [2.24, 2.45) is 0 Å². The monoisotopic (exact) mass is 346 g/mol. The summed E-state index contributed by atoms with van der Waals surface area (Å²) in [4.78, 5) is 30.6. The zero-order chi connectivity index (χ0) is 18.4. The van der Waals surface area contributed by atoms with Gasteiger partial charge in [0.1, 0.15) is 0 Å². The summed E-state index contributed by atoms with van der Waals surface area (Å²) >= 11 is 0. The minimum absolute atomic E-state index is 0.225. The Kier molecular flexibility index (Phi) is 5.24. The van der Waals surface area contributed by atoms with E-state index in [2.05, 4.69) is 10.3 Å². The minimum Gasteiger partial charge on any atom is -0.399 e. The normalized spacial score (nSPS) is 10.2. The second-order valence-electron chi connectivity index (χ2n) is 5.61. The van der Waals surface area contributed by atoms with E-state index in [1.54, 1.807) is 67.0 Å².